The molecule has 0 unspecified atom stereocenters. The largest absolute Gasteiger partial charge is 0.488 e. The molecule has 47 heavy (non-hydrogen) atoms. The monoisotopic (exact) mass is 685 g/mol. The summed E-state index contributed by atoms with van der Waals surface area (Å²) >= 11 is 1.13. The quantitative estimate of drug-likeness (QED) is 0.143. The van der Waals surface area contributed by atoms with Gasteiger partial charge in [0.1, 0.15) is 16.1 Å². The minimum absolute atomic E-state index is 0.0385. The second kappa shape index (κ2) is 16.2. The Hall–Kier alpha value is -3.98. The zero-order chi connectivity index (χ0) is 34.1. The fraction of sp³-hybridized carbons (Fsp3) is 0.424. The summed E-state index contributed by atoms with van der Waals surface area (Å²) in [4.78, 5) is 40.3. The Morgan fingerprint density at radius 1 is 1.09 bits per heavy atom. The third-order valence-electron chi connectivity index (χ3n) is 8.09. The molecular weight excluding hydrogens is 643 g/mol. The standard InChI is InChI=1S/C33H43N5O7S2/c1-22-19-38(23(2)21-39)33(42)25-18-24(15-16-28(25)45-29(22)20-37(3)47(43,44)32-14-9-17-46-32)35-30(40)12-5-4-6-13-31(41)36-27-11-8-7-10-26(27)34/h7-11,14-18,22-23,29,39H,4-6,12-13,19-21,34H2,1-3H3,(H,35,40)(H,36,41)/t22-,23+,29+/m1/s1. The molecule has 0 radical (unpaired) electrons. The van der Waals surface area contributed by atoms with Crippen LogP contribution in [0.2, 0.25) is 0 Å². The number of amides is 3. The van der Waals surface area contributed by atoms with E-state index in [9.17, 15) is 27.9 Å². The lowest BCUT2D eigenvalue weighted by molar-refractivity contribution is -0.116. The van der Waals surface area contributed by atoms with E-state index >= 15 is 0 Å². The number of benzene rings is 2. The van der Waals surface area contributed by atoms with Gasteiger partial charge in [0, 0.05) is 38.0 Å². The number of nitrogens with one attached hydrogen (secondary N) is 2. The molecule has 0 saturated carbocycles. The minimum atomic E-state index is -3.73. The van der Waals surface area contributed by atoms with E-state index in [1.54, 1.807) is 71.8 Å². The highest BCUT2D eigenvalue weighted by Gasteiger charge is 2.35. The minimum Gasteiger partial charge on any atom is -0.488 e. The lowest BCUT2D eigenvalue weighted by Crippen LogP contribution is -2.50. The maximum Gasteiger partial charge on any atom is 0.258 e. The van der Waals surface area contributed by atoms with Crippen LogP contribution in [0, 0.1) is 5.92 Å². The number of unbranched alkanes of at least 4 members (excludes halogenated alkanes) is 2. The van der Waals surface area contributed by atoms with Gasteiger partial charge in [-0.15, -0.1) is 11.3 Å². The molecule has 3 atom stereocenters. The number of carbonyl (C=O) groups excluding carboxylic acids is 3. The van der Waals surface area contributed by atoms with Crippen molar-refractivity contribution in [3.05, 3.63) is 65.5 Å². The van der Waals surface area contributed by atoms with Gasteiger partial charge in [0.05, 0.1) is 36.1 Å². The van der Waals surface area contributed by atoms with Gasteiger partial charge in [0.25, 0.3) is 15.9 Å². The average Bonchev–Trinajstić information content (AvgIpc) is 3.60. The van der Waals surface area contributed by atoms with Crippen molar-refractivity contribution in [2.75, 3.05) is 43.1 Å². The van der Waals surface area contributed by atoms with E-state index in [1.807, 2.05) is 6.92 Å². The first-order chi connectivity index (χ1) is 22.4. The van der Waals surface area contributed by atoms with Crippen molar-refractivity contribution in [3.8, 4) is 5.75 Å². The van der Waals surface area contributed by atoms with Crippen molar-refractivity contribution in [1.82, 2.24) is 9.21 Å². The molecule has 5 N–H and O–H groups in total. The lowest BCUT2D eigenvalue weighted by Gasteiger charge is -2.38. The number of sulfonamides is 1. The fourth-order valence-electron chi connectivity index (χ4n) is 5.23. The third kappa shape index (κ3) is 9.31. The van der Waals surface area contributed by atoms with Crippen molar-refractivity contribution >= 4 is 56.1 Å². The highest BCUT2D eigenvalue weighted by atomic mass is 32.2. The number of nitrogen functional groups attached to an aromatic ring is 1. The van der Waals surface area contributed by atoms with Gasteiger partial charge >= 0.3 is 0 Å². The molecule has 0 aliphatic carbocycles. The van der Waals surface area contributed by atoms with Gasteiger partial charge in [0.2, 0.25) is 11.8 Å². The SMILES string of the molecule is C[C@@H]1CN([C@@H](C)CO)C(=O)c2cc(NC(=O)CCCCCC(=O)Nc3ccccc3N)ccc2O[C@H]1CN(C)S(=O)(=O)c1cccs1. The van der Waals surface area contributed by atoms with Crippen molar-refractivity contribution in [3.63, 3.8) is 0 Å². The molecule has 0 spiro atoms. The fourth-order valence-corrected chi connectivity index (χ4v) is 7.61. The van der Waals surface area contributed by atoms with Crippen LogP contribution in [0.5, 0.6) is 5.75 Å². The highest BCUT2D eigenvalue weighted by molar-refractivity contribution is 7.91. The van der Waals surface area contributed by atoms with Crippen molar-refractivity contribution in [1.29, 1.82) is 0 Å². The van der Waals surface area contributed by atoms with Crippen LogP contribution >= 0.6 is 11.3 Å². The maximum absolute atomic E-state index is 13.7. The second-order valence-electron chi connectivity index (χ2n) is 11.8. The zero-order valence-electron chi connectivity index (χ0n) is 26.8. The Bertz CT molecular complexity index is 1650. The number of rotatable bonds is 14. The maximum atomic E-state index is 13.7. The smallest absolute Gasteiger partial charge is 0.258 e. The number of likely N-dealkylation sites (N-methyl/N-ethyl adjacent to an activating group) is 1. The third-order valence-corrected chi connectivity index (χ3v) is 11.3. The van der Waals surface area contributed by atoms with Gasteiger partial charge in [-0.2, -0.15) is 4.31 Å². The van der Waals surface area contributed by atoms with Gasteiger partial charge in [-0.25, -0.2) is 8.42 Å². The summed E-state index contributed by atoms with van der Waals surface area (Å²) in [5, 5.41) is 17.3. The summed E-state index contributed by atoms with van der Waals surface area (Å²) in [5.74, 6) is -0.755. The van der Waals surface area contributed by atoms with Crippen LogP contribution in [0.15, 0.2) is 64.2 Å². The molecule has 0 saturated heterocycles. The molecule has 12 nitrogen and oxygen atoms in total. The number of fused-ring (bicyclic) bond motifs is 1. The number of nitrogens with two attached hydrogens (primary N) is 1. The molecule has 254 valence electrons. The number of hydrogen-bond donors (Lipinski definition) is 4. The number of aliphatic hydroxyl groups is 1. The Labute approximate surface area is 279 Å². The molecule has 4 rings (SSSR count). The highest BCUT2D eigenvalue weighted by Crippen LogP contribution is 2.31. The van der Waals surface area contributed by atoms with Crippen molar-refractivity contribution in [2.45, 2.75) is 62.3 Å². The Morgan fingerprint density at radius 2 is 1.79 bits per heavy atom. The van der Waals surface area contributed by atoms with Gasteiger partial charge in [-0.1, -0.05) is 31.5 Å². The van der Waals surface area contributed by atoms with Crippen LogP contribution < -0.4 is 21.1 Å². The van der Waals surface area contributed by atoms with Crippen molar-refractivity contribution in [2.24, 2.45) is 5.92 Å². The molecule has 3 amide bonds. The van der Waals surface area contributed by atoms with E-state index in [4.69, 9.17) is 10.5 Å². The second-order valence-corrected chi connectivity index (χ2v) is 15.0. The molecule has 0 bridgehead atoms. The predicted molar refractivity (Wildman–Crippen MR) is 183 cm³/mol. The summed E-state index contributed by atoms with van der Waals surface area (Å²) < 4.78 is 34.1. The topological polar surface area (TPSA) is 171 Å². The first-order valence-corrected chi connectivity index (χ1v) is 17.9. The molecule has 2 aromatic carbocycles. The van der Waals surface area contributed by atoms with E-state index in [0.29, 0.717) is 42.7 Å². The number of para-hydroxylation sites is 2. The molecule has 3 aromatic rings. The van der Waals surface area contributed by atoms with Gasteiger partial charge in [-0.3, -0.25) is 14.4 Å². The zero-order valence-corrected chi connectivity index (χ0v) is 28.5. The molecule has 0 fully saturated rings. The molecule has 2 heterocycles. The molecule has 1 aromatic heterocycles. The molecule has 1 aliphatic rings. The number of aliphatic hydroxyl groups excluding tert-OH is 1. The van der Waals surface area contributed by atoms with Crippen LogP contribution in [-0.4, -0.2) is 79.3 Å². The molecule has 14 heteroatoms. The first-order valence-electron chi connectivity index (χ1n) is 15.6. The molecular formula is C33H43N5O7S2. The Kier molecular flexibility index (Phi) is 12.4. The number of thiophene rings is 1. The predicted octanol–water partition coefficient (Wildman–Crippen LogP) is 4.40. The number of hydrogen-bond acceptors (Lipinski definition) is 9. The van der Waals surface area contributed by atoms with Crippen LogP contribution in [0.3, 0.4) is 0 Å². The van der Waals surface area contributed by atoms with Crippen LogP contribution in [-0.2, 0) is 19.6 Å². The molecule has 1 aliphatic heterocycles. The lowest BCUT2D eigenvalue weighted by atomic mass is 9.99. The summed E-state index contributed by atoms with van der Waals surface area (Å²) in [6.45, 7) is 3.62. The van der Waals surface area contributed by atoms with E-state index in [2.05, 4.69) is 10.6 Å². The van der Waals surface area contributed by atoms with Crippen LogP contribution in [0.25, 0.3) is 0 Å². The Balaban J connectivity index is 1.39. The van der Waals surface area contributed by atoms with E-state index < -0.39 is 22.2 Å². The summed E-state index contributed by atoms with van der Waals surface area (Å²) in [6.07, 6.45) is 1.78. The van der Waals surface area contributed by atoms with Crippen LogP contribution in [0.4, 0.5) is 17.1 Å². The number of nitrogens with zero attached hydrogens (tertiary/aromatic N) is 2. The number of carbonyl (C=O) groups is 3. The van der Waals surface area contributed by atoms with E-state index in [0.717, 1.165) is 11.3 Å². The van der Waals surface area contributed by atoms with E-state index in [-0.39, 0.29) is 65.3 Å². The average molecular weight is 686 g/mol. The summed E-state index contributed by atoms with van der Waals surface area (Å²) in [6, 6.07) is 14.6. The van der Waals surface area contributed by atoms with Gasteiger partial charge < -0.3 is 31.1 Å². The van der Waals surface area contributed by atoms with Crippen molar-refractivity contribution < 1.29 is 32.6 Å². The van der Waals surface area contributed by atoms with Gasteiger partial charge in [0.15, 0.2) is 0 Å². The van der Waals surface area contributed by atoms with Crippen LogP contribution in [0.1, 0.15) is 56.3 Å². The van der Waals surface area contributed by atoms with Gasteiger partial charge in [-0.05, 0) is 61.5 Å². The summed E-state index contributed by atoms with van der Waals surface area (Å²) in [5.41, 5.74) is 7.55. The normalized spacial score (nSPS) is 17.3. The first kappa shape index (κ1) is 35.9. The summed E-state index contributed by atoms with van der Waals surface area (Å²) in [7, 11) is -2.23. The number of anilines is 3. The Morgan fingerprint density at radius 3 is 2.45 bits per heavy atom. The number of ether oxygens (including phenoxy) is 1. The van der Waals surface area contributed by atoms with E-state index in [1.165, 1.54) is 11.4 Å².